The summed E-state index contributed by atoms with van der Waals surface area (Å²) in [6.45, 7) is 13.0. The maximum absolute atomic E-state index is 2.72. The summed E-state index contributed by atoms with van der Waals surface area (Å²) < 4.78 is 0. The van der Waals surface area contributed by atoms with Gasteiger partial charge in [-0.3, -0.25) is 4.90 Å². The number of hydrogen-bond acceptors (Lipinski definition) is 2. The Kier molecular flexibility index (Phi) is 4.00. The number of rotatable bonds is 2. The molecule has 2 saturated heterocycles. The summed E-state index contributed by atoms with van der Waals surface area (Å²) in [5.41, 5.74) is 3.09. The molecule has 0 N–H and O–H groups in total. The van der Waals surface area contributed by atoms with E-state index in [0.29, 0.717) is 6.04 Å². The molecule has 116 valence electrons. The van der Waals surface area contributed by atoms with Gasteiger partial charge >= 0.3 is 0 Å². The Morgan fingerprint density at radius 3 is 2.43 bits per heavy atom. The van der Waals surface area contributed by atoms with Crippen LogP contribution in [0.4, 0.5) is 5.69 Å². The van der Waals surface area contributed by atoms with Crippen LogP contribution in [0.3, 0.4) is 0 Å². The summed E-state index contributed by atoms with van der Waals surface area (Å²) >= 11 is 0. The van der Waals surface area contributed by atoms with Crippen molar-refractivity contribution in [2.75, 3.05) is 24.5 Å². The van der Waals surface area contributed by atoms with Gasteiger partial charge in [0, 0.05) is 30.9 Å². The minimum Gasteiger partial charge on any atom is -0.366 e. The molecule has 3 rings (SSSR count). The van der Waals surface area contributed by atoms with Crippen LogP contribution in [0.1, 0.15) is 52.5 Å². The first-order valence-electron chi connectivity index (χ1n) is 8.60. The molecule has 21 heavy (non-hydrogen) atoms. The summed E-state index contributed by atoms with van der Waals surface area (Å²) in [5, 5.41) is 0. The summed E-state index contributed by atoms with van der Waals surface area (Å²) in [6.07, 6.45) is 4.01. The van der Waals surface area contributed by atoms with Crippen LogP contribution in [0.15, 0.2) is 24.3 Å². The lowest BCUT2D eigenvalue weighted by atomic mass is 9.87. The van der Waals surface area contributed by atoms with Crippen molar-refractivity contribution in [3.63, 3.8) is 0 Å². The Labute approximate surface area is 130 Å². The van der Waals surface area contributed by atoms with Gasteiger partial charge in [0.25, 0.3) is 0 Å². The number of anilines is 1. The molecule has 1 aromatic carbocycles. The molecule has 0 amide bonds. The van der Waals surface area contributed by atoms with Gasteiger partial charge in [0.1, 0.15) is 0 Å². The quantitative estimate of drug-likeness (QED) is 0.809. The van der Waals surface area contributed by atoms with E-state index in [4.69, 9.17) is 0 Å². The molecule has 2 fully saturated rings. The van der Waals surface area contributed by atoms with Gasteiger partial charge in [-0.2, -0.15) is 0 Å². The van der Waals surface area contributed by atoms with Crippen LogP contribution < -0.4 is 4.90 Å². The van der Waals surface area contributed by atoms with Gasteiger partial charge < -0.3 is 4.90 Å². The Morgan fingerprint density at radius 2 is 1.81 bits per heavy atom. The van der Waals surface area contributed by atoms with Crippen LogP contribution in [-0.2, 0) is 5.41 Å². The highest BCUT2D eigenvalue weighted by molar-refractivity contribution is 5.50. The molecular formula is C19H30N2. The summed E-state index contributed by atoms with van der Waals surface area (Å²) in [5.74, 6) is 0. The van der Waals surface area contributed by atoms with Crippen molar-refractivity contribution in [1.82, 2.24) is 4.90 Å². The fourth-order valence-corrected chi connectivity index (χ4v) is 3.91. The van der Waals surface area contributed by atoms with E-state index < -0.39 is 0 Å². The minimum atomic E-state index is 0.243. The minimum absolute atomic E-state index is 0.243. The zero-order valence-corrected chi connectivity index (χ0v) is 14.1. The highest BCUT2D eigenvalue weighted by Gasteiger charge is 2.35. The van der Waals surface area contributed by atoms with Crippen LogP contribution in [-0.4, -0.2) is 36.6 Å². The van der Waals surface area contributed by atoms with E-state index in [1.54, 1.807) is 0 Å². The fraction of sp³-hybridized carbons (Fsp3) is 0.684. The summed E-state index contributed by atoms with van der Waals surface area (Å²) in [4.78, 5) is 5.38. The van der Waals surface area contributed by atoms with Crippen molar-refractivity contribution in [2.45, 2.75) is 64.5 Å². The largest absolute Gasteiger partial charge is 0.366 e. The molecule has 0 radical (unpaired) electrons. The fourth-order valence-electron chi connectivity index (χ4n) is 3.91. The Bertz CT molecular complexity index is 471. The van der Waals surface area contributed by atoms with Crippen LogP contribution in [0.5, 0.6) is 0 Å². The van der Waals surface area contributed by atoms with Gasteiger partial charge in [0.15, 0.2) is 0 Å². The van der Waals surface area contributed by atoms with Gasteiger partial charge in [0.2, 0.25) is 0 Å². The molecule has 0 aliphatic carbocycles. The highest BCUT2D eigenvalue weighted by atomic mass is 15.3. The molecule has 1 aromatic rings. The lowest BCUT2D eigenvalue weighted by Gasteiger charge is -2.45. The van der Waals surface area contributed by atoms with Crippen molar-refractivity contribution in [2.24, 2.45) is 0 Å². The van der Waals surface area contributed by atoms with Gasteiger partial charge in [-0.15, -0.1) is 0 Å². The van der Waals surface area contributed by atoms with Gasteiger partial charge in [-0.1, -0.05) is 39.8 Å². The zero-order chi connectivity index (χ0) is 15.0. The average molecular weight is 286 g/mol. The van der Waals surface area contributed by atoms with Crippen molar-refractivity contribution < 1.29 is 0 Å². The van der Waals surface area contributed by atoms with E-state index in [1.807, 2.05) is 0 Å². The third-order valence-electron chi connectivity index (χ3n) is 5.33. The number of fused-ring (bicyclic) bond motifs is 1. The second-order valence-electron chi connectivity index (χ2n) is 7.80. The van der Waals surface area contributed by atoms with Gasteiger partial charge in [0.05, 0.1) is 0 Å². The molecule has 2 atom stereocenters. The molecule has 2 nitrogen and oxygen atoms in total. The molecule has 0 aromatic heterocycles. The van der Waals surface area contributed by atoms with Gasteiger partial charge in [-0.05, 0) is 48.9 Å². The highest BCUT2D eigenvalue weighted by Crippen LogP contribution is 2.31. The van der Waals surface area contributed by atoms with Crippen LogP contribution >= 0.6 is 0 Å². The second-order valence-corrected chi connectivity index (χ2v) is 7.80. The topological polar surface area (TPSA) is 6.48 Å². The molecule has 2 heterocycles. The maximum atomic E-state index is 2.72. The first kappa shape index (κ1) is 14.9. The monoisotopic (exact) mass is 286 g/mol. The SMILES string of the molecule is CCC1CN2CCCC2CN1c1ccc(C(C)(C)C)cc1. The second kappa shape index (κ2) is 5.64. The van der Waals surface area contributed by atoms with E-state index in [-0.39, 0.29) is 5.41 Å². The maximum Gasteiger partial charge on any atom is 0.0415 e. The number of benzene rings is 1. The summed E-state index contributed by atoms with van der Waals surface area (Å²) in [6, 6.07) is 10.8. The van der Waals surface area contributed by atoms with Gasteiger partial charge in [-0.25, -0.2) is 0 Å². The number of piperazine rings is 1. The lowest BCUT2D eigenvalue weighted by molar-refractivity contribution is 0.195. The zero-order valence-electron chi connectivity index (χ0n) is 14.1. The molecule has 0 saturated carbocycles. The standard InChI is InChI=1S/C19H30N2/c1-5-16-13-20-12-6-7-18(20)14-21(16)17-10-8-15(9-11-17)19(2,3)4/h8-11,16,18H,5-7,12-14H2,1-4H3. The van der Waals surface area contributed by atoms with Crippen LogP contribution in [0.2, 0.25) is 0 Å². The van der Waals surface area contributed by atoms with Crippen molar-refractivity contribution in [3.05, 3.63) is 29.8 Å². The molecule has 2 aliphatic rings. The average Bonchev–Trinajstić information content (AvgIpc) is 2.92. The van der Waals surface area contributed by atoms with Crippen LogP contribution in [0.25, 0.3) is 0 Å². The smallest absolute Gasteiger partial charge is 0.0415 e. The number of hydrogen-bond donors (Lipinski definition) is 0. The molecule has 2 heteroatoms. The van der Waals surface area contributed by atoms with E-state index in [1.165, 1.54) is 50.1 Å². The Morgan fingerprint density at radius 1 is 1.10 bits per heavy atom. The van der Waals surface area contributed by atoms with Crippen LogP contribution in [0, 0.1) is 0 Å². The molecule has 0 spiro atoms. The van der Waals surface area contributed by atoms with E-state index in [9.17, 15) is 0 Å². The lowest BCUT2D eigenvalue weighted by Crippen LogP contribution is -2.56. The Hall–Kier alpha value is -1.02. The normalized spacial score (nSPS) is 27.0. The third kappa shape index (κ3) is 2.96. The molecule has 2 aliphatic heterocycles. The van der Waals surface area contributed by atoms with E-state index >= 15 is 0 Å². The number of nitrogens with zero attached hydrogens (tertiary/aromatic N) is 2. The predicted octanol–water partition coefficient (Wildman–Crippen LogP) is 4.05. The van der Waals surface area contributed by atoms with E-state index in [0.717, 1.165) is 6.04 Å². The molecular weight excluding hydrogens is 256 g/mol. The van der Waals surface area contributed by atoms with Crippen molar-refractivity contribution in [1.29, 1.82) is 0 Å². The summed E-state index contributed by atoms with van der Waals surface area (Å²) in [7, 11) is 0. The third-order valence-corrected chi connectivity index (χ3v) is 5.33. The Balaban J connectivity index is 1.81. The first-order chi connectivity index (χ1) is 9.99. The molecule has 2 unspecified atom stereocenters. The van der Waals surface area contributed by atoms with Crippen molar-refractivity contribution >= 4 is 5.69 Å². The first-order valence-corrected chi connectivity index (χ1v) is 8.60. The predicted molar refractivity (Wildman–Crippen MR) is 91.2 cm³/mol. The molecule has 0 bridgehead atoms. The van der Waals surface area contributed by atoms with Crippen molar-refractivity contribution in [3.8, 4) is 0 Å². The van der Waals surface area contributed by atoms with E-state index in [2.05, 4.69) is 61.8 Å².